The predicted molar refractivity (Wildman–Crippen MR) is 78.4 cm³/mol. The standard InChI is InChI=1S/C13H19N3O4S/c1-10(17)15-5-7-16(8-6-15)21(18,19)13-9-11(14)3-4-12(13)20-2/h3-4,9H,5-8,14H2,1-2H3. The number of carbonyl (C=O) groups is 1. The molecular weight excluding hydrogens is 294 g/mol. The van der Waals surface area contributed by atoms with E-state index in [-0.39, 0.29) is 29.6 Å². The van der Waals surface area contributed by atoms with Crippen molar-refractivity contribution in [3.63, 3.8) is 0 Å². The van der Waals surface area contributed by atoms with Gasteiger partial charge in [0.1, 0.15) is 10.6 Å². The molecule has 0 atom stereocenters. The molecule has 0 saturated carbocycles. The van der Waals surface area contributed by atoms with Crippen LogP contribution in [0.1, 0.15) is 6.92 Å². The molecule has 0 aromatic heterocycles. The van der Waals surface area contributed by atoms with Crippen molar-refractivity contribution in [3.05, 3.63) is 18.2 Å². The molecular formula is C13H19N3O4S. The zero-order valence-electron chi connectivity index (χ0n) is 12.1. The van der Waals surface area contributed by atoms with E-state index in [0.29, 0.717) is 18.8 Å². The number of ether oxygens (including phenoxy) is 1. The Morgan fingerprint density at radius 3 is 2.38 bits per heavy atom. The van der Waals surface area contributed by atoms with E-state index in [2.05, 4.69) is 0 Å². The molecule has 116 valence electrons. The van der Waals surface area contributed by atoms with Crippen LogP contribution in [-0.4, -0.2) is 56.8 Å². The maximum Gasteiger partial charge on any atom is 0.246 e. The van der Waals surface area contributed by atoms with Crippen LogP contribution in [0.5, 0.6) is 5.75 Å². The van der Waals surface area contributed by atoms with Gasteiger partial charge in [0.15, 0.2) is 0 Å². The Morgan fingerprint density at radius 2 is 1.86 bits per heavy atom. The minimum atomic E-state index is -3.69. The number of anilines is 1. The van der Waals surface area contributed by atoms with Crippen molar-refractivity contribution in [2.24, 2.45) is 0 Å². The molecule has 0 radical (unpaired) electrons. The van der Waals surface area contributed by atoms with Gasteiger partial charge in [0.25, 0.3) is 0 Å². The fourth-order valence-electron chi connectivity index (χ4n) is 2.28. The molecule has 1 aromatic rings. The molecule has 0 bridgehead atoms. The molecule has 1 amide bonds. The molecule has 8 heteroatoms. The number of benzene rings is 1. The maximum absolute atomic E-state index is 12.7. The van der Waals surface area contributed by atoms with Gasteiger partial charge in [0, 0.05) is 38.8 Å². The summed E-state index contributed by atoms with van der Waals surface area (Å²) in [6.07, 6.45) is 0. The molecule has 1 heterocycles. The summed E-state index contributed by atoms with van der Waals surface area (Å²) in [6.45, 7) is 2.78. The number of nitrogens with two attached hydrogens (primary N) is 1. The van der Waals surface area contributed by atoms with Gasteiger partial charge < -0.3 is 15.4 Å². The zero-order valence-corrected chi connectivity index (χ0v) is 12.9. The molecule has 2 N–H and O–H groups in total. The van der Waals surface area contributed by atoms with Crippen LogP contribution >= 0.6 is 0 Å². The first kappa shape index (κ1) is 15.6. The summed E-state index contributed by atoms with van der Waals surface area (Å²) in [7, 11) is -2.27. The monoisotopic (exact) mass is 313 g/mol. The Bertz CT molecular complexity index is 637. The Kier molecular flexibility index (Phi) is 4.38. The molecule has 2 rings (SSSR count). The topological polar surface area (TPSA) is 92.9 Å². The second-order valence-electron chi connectivity index (χ2n) is 4.82. The quantitative estimate of drug-likeness (QED) is 0.801. The van der Waals surface area contributed by atoms with E-state index in [1.54, 1.807) is 11.0 Å². The lowest BCUT2D eigenvalue weighted by atomic mass is 10.3. The SMILES string of the molecule is COc1ccc(N)cc1S(=O)(=O)N1CCN(C(C)=O)CC1. The van der Waals surface area contributed by atoms with Crippen LogP contribution in [0.4, 0.5) is 5.69 Å². The van der Waals surface area contributed by atoms with Crippen molar-refractivity contribution in [1.82, 2.24) is 9.21 Å². The molecule has 1 aromatic carbocycles. The van der Waals surface area contributed by atoms with Crippen LogP contribution in [-0.2, 0) is 14.8 Å². The third-order valence-electron chi connectivity index (χ3n) is 3.49. The van der Waals surface area contributed by atoms with E-state index in [0.717, 1.165) is 0 Å². The second-order valence-corrected chi connectivity index (χ2v) is 6.73. The van der Waals surface area contributed by atoms with Crippen molar-refractivity contribution in [3.8, 4) is 5.75 Å². The molecule has 7 nitrogen and oxygen atoms in total. The summed E-state index contributed by atoms with van der Waals surface area (Å²) in [4.78, 5) is 13.0. The van der Waals surface area contributed by atoms with Crippen LogP contribution < -0.4 is 10.5 Å². The molecule has 0 aliphatic carbocycles. The Labute approximate surface area is 124 Å². The summed E-state index contributed by atoms with van der Waals surface area (Å²) < 4.78 is 31.8. The Hall–Kier alpha value is -1.80. The van der Waals surface area contributed by atoms with Crippen molar-refractivity contribution >= 4 is 21.6 Å². The lowest BCUT2D eigenvalue weighted by Gasteiger charge is -2.33. The van der Waals surface area contributed by atoms with Crippen LogP contribution in [0.2, 0.25) is 0 Å². The van der Waals surface area contributed by atoms with E-state index in [9.17, 15) is 13.2 Å². The van der Waals surface area contributed by atoms with E-state index in [1.165, 1.54) is 30.5 Å². The largest absolute Gasteiger partial charge is 0.495 e. The van der Waals surface area contributed by atoms with Crippen LogP contribution in [0, 0.1) is 0 Å². The number of hydrogen-bond acceptors (Lipinski definition) is 5. The molecule has 0 spiro atoms. The third kappa shape index (κ3) is 3.11. The van der Waals surface area contributed by atoms with Crippen LogP contribution in [0.3, 0.4) is 0 Å². The van der Waals surface area contributed by atoms with E-state index in [1.807, 2.05) is 0 Å². The average molecular weight is 313 g/mol. The number of amides is 1. The first-order valence-electron chi connectivity index (χ1n) is 6.55. The molecule has 1 aliphatic rings. The van der Waals surface area contributed by atoms with Gasteiger partial charge in [-0.25, -0.2) is 8.42 Å². The van der Waals surface area contributed by atoms with E-state index >= 15 is 0 Å². The summed E-state index contributed by atoms with van der Waals surface area (Å²) >= 11 is 0. The van der Waals surface area contributed by atoms with Crippen molar-refractivity contribution in [2.75, 3.05) is 39.0 Å². The Morgan fingerprint density at radius 1 is 1.24 bits per heavy atom. The van der Waals surface area contributed by atoms with Gasteiger partial charge in [-0.05, 0) is 18.2 Å². The summed E-state index contributed by atoms with van der Waals surface area (Å²) in [5, 5.41) is 0. The van der Waals surface area contributed by atoms with Crippen LogP contribution in [0.25, 0.3) is 0 Å². The fourth-order valence-corrected chi connectivity index (χ4v) is 3.89. The number of sulfonamides is 1. The van der Waals surface area contributed by atoms with Gasteiger partial charge >= 0.3 is 0 Å². The van der Waals surface area contributed by atoms with Crippen molar-refractivity contribution < 1.29 is 17.9 Å². The third-order valence-corrected chi connectivity index (χ3v) is 5.41. The summed E-state index contributed by atoms with van der Waals surface area (Å²) in [6, 6.07) is 4.52. The average Bonchev–Trinajstić information content (AvgIpc) is 2.47. The van der Waals surface area contributed by atoms with Crippen molar-refractivity contribution in [1.29, 1.82) is 0 Å². The van der Waals surface area contributed by atoms with E-state index in [4.69, 9.17) is 10.5 Å². The fraction of sp³-hybridized carbons (Fsp3) is 0.462. The number of nitrogen functional groups attached to an aromatic ring is 1. The van der Waals surface area contributed by atoms with Crippen molar-refractivity contribution in [2.45, 2.75) is 11.8 Å². The second kappa shape index (κ2) is 5.90. The highest BCUT2D eigenvalue weighted by molar-refractivity contribution is 7.89. The lowest BCUT2D eigenvalue weighted by Crippen LogP contribution is -2.49. The molecule has 21 heavy (non-hydrogen) atoms. The number of methoxy groups -OCH3 is 1. The highest BCUT2D eigenvalue weighted by Gasteiger charge is 2.31. The normalized spacial score (nSPS) is 16.8. The Balaban J connectivity index is 2.27. The molecule has 1 aliphatic heterocycles. The number of piperazine rings is 1. The first-order chi connectivity index (χ1) is 9.86. The highest BCUT2D eigenvalue weighted by atomic mass is 32.2. The van der Waals surface area contributed by atoms with Gasteiger partial charge in [0.2, 0.25) is 15.9 Å². The smallest absolute Gasteiger partial charge is 0.246 e. The first-order valence-corrected chi connectivity index (χ1v) is 7.99. The van der Waals surface area contributed by atoms with Gasteiger partial charge in [-0.3, -0.25) is 4.79 Å². The summed E-state index contributed by atoms with van der Waals surface area (Å²) in [5.74, 6) is 0.215. The lowest BCUT2D eigenvalue weighted by molar-refractivity contribution is -0.129. The number of rotatable bonds is 3. The van der Waals surface area contributed by atoms with E-state index < -0.39 is 10.0 Å². The number of hydrogen-bond donors (Lipinski definition) is 1. The van der Waals surface area contributed by atoms with Gasteiger partial charge in [-0.15, -0.1) is 0 Å². The number of nitrogens with zero attached hydrogens (tertiary/aromatic N) is 2. The summed E-state index contributed by atoms with van der Waals surface area (Å²) in [5.41, 5.74) is 6.04. The molecule has 1 saturated heterocycles. The van der Waals surface area contributed by atoms with Crippen LogP contribution in [0.15, 0.2) is 23.1 Å². The minimum absolute atomic E-state index is 0.0476. The predicted octanol–water partition coefficient (Wildman–Crippen LogP) is 0.130. The minimum Gasteiger partial charge on any atom is -0.495 e. The molecule has 0 unspecified atom stereocenters. The van der Waals surface area contributed by atoms with Gasteiger partial charge in [-0.2, -0.15) is 4.31 Å². The zero-order chi connectivity index (χ0) is 15.6. The van der Waals surface area contributed by atoms with Gasteiger partial charge in [0.05, 0.1) is 7.11 Å². The maximum atomic E-state index is 12.7. The molecule has 1 fully saturated rings. The highest BCUT2D eigenvalue weighted by Crippen LogP contribution is 2.29. The van der Waals surface area contributed by atoms with Gasteiger partial charge in [-0.1, -0.05) is 0 Å². The number of carbonyl (C=O) groups excluding carboxylic acids is 1.